The summed E-state index contributed by atoms with van der Waals surface area (Å²) in [7, 11) is 1.37. The first kappa shape index (κ1) is 20.4. The number of aromatic hydroxyl groups is 1. The molecule has 0 unspecified atom stereocenters. The minimum Gasteiger partial charge on any atom is -0.504 e. The second-order valence-corrected chi connectivity index (χ2v) is 5.34. The van der Waals surface area contributed by atoms with Crippen molar-refractivity contribution in [3.05, 3.63) is 64.0 Å². The number of nitrogens with zero attached hydrogens (tertiary/aromatic N) is 1. The average molecular weight is 390 g/mol. The molecule has 1 amide bonds. The third-order valence-electron chi connectivity index (χ3n) is 3.40. The Balaban J connectivity index is 1.91. The van der Waals surface area contributed by atoms with E-state index in [9.17, 15) is 29.2 Å². The Morgan fingerprint density at radius 3 is 2.71 bits per heavy atom. The molecular weight excluding hydrogens is 375 g/mol. The van der Waals surface area contributed by atoms with E-state index in [-0.39, 0.29) is 11.5 Å². The van der Waals surface area contributed by atoms with Crippen molar-refractivity contribution in [2.75, 3.05) is 19.0 Å². The van der Waals surface area contributed by atoms with Crippen molar-refractivity contribution in [3.8, 4) is 11.5 Å². The van der Waals surface area contributed by atoms with E-state index in [1.165, 1.54) is 31.4 Å². The molecule has 0 radical (unpaired) electrons. The van der Waals surface area contributed by atoms with Gasteiger partial charge in [-0.3, -0.25) is 14.9 Å². The highest BCUT2D eigenvalue weighted by Gasteiger charge is 2.14. The van der Waals surface area contributed by atoms with E-state index in [1.54, 1.807) is 0 Å². The Morgan fingerprint density at radius 2 is 2.04 bits per heavy atom. The van der Waals surface area contributed by atoms with E-state index in [0.717, 1.165) is 24.3 Å². The summed E-state index contributed by atoms with van der Waals surface area (Å²) in [5.41, 5.74) is -0.266. The van der Waals surface area contributed by atoms with Gasteiger partial charge >= 0.3 is 5.97 Å². The fourth-order valence-electron chi connectivity index (χ4n) is 2.06. The van der Waals surface area contributed by atoms with E-state index in [0.29, 0.717) is 5.56 Å². The number of carbonyl (C=O) groups is 2. The van der Waals surface area contributed by atoms with Gasteiger partial charge in [0, 0.05) is 18.2 Å². The van der Waals surface area contributed by atoms with Crippen LogP contribution in [-0.4, -0.2) is 35.6 Å². The molecule has 0 fully saturated rings. The van der Waals surface area contributed by atoms with Gasteiger partial charge in [-0.05, 0) is 29.8 Å². The number of rotatable bonds is 7. The van der Waals surface area contributed by atoms with Crippen molar-refractivity contribution in [1.82, 2.24) is 0 Å². The number of carbonyl (C=O) groups excluding carboxylic acids is 2. The average Bonchev–Trinajstić information content (AvgIpc) is 2.67. The quantitative estimate of drug-likeness (QED) is 0.322. The highest BCUT2D eigenvalue weighted by molar-refractivity contribution is 5.95. The van der Waals surface area contributed by atoms with Gasteiger partial charge in [-0.2, -0.15) is 0 Å². The van der Waals surface area contributed by atoms with Gasteiger partial charge < -0.3 is 19.9 Å². The van der Waals surface area contributed by atoms with Crippen molar-refractivity contribution in [3.63, 3.8) is 0 Å². The fraction of sp³-hybridized carbons (Fsp3) is 0.111. The molecule has 2 rings (SSSR count). The summed E-state index contributed by atoms with van der Waals surface area (Å²) in [5, 5.41) is 22.3. The van der Waals surface area contributed by atoms with E-state index in [2.05, 4.69) is 5.32 Å². The van der Waals surface area contributed by atoms with Crippen LogP contribution in [0.15, 0.2) is 42.5 Å². The number of nitro groups is 1. The summed E-state index contributed by atoms with van der Waals surface area (Å²) in [4.78, 5) is 33.4. The number of hydrogen-bond acceptors (Lipinski definition) is 7. The molecule has 0 aliphatic heterocycles. The van der Waals surface area contributed by atoms with Crippen LogP contribution in [0.2, 0.25) is 0 Å². The van der Waals surface area contributed by atoms with Gasteiger partial charge in [0.05, 0.1) is 17.7 Å². The zero-order valence-corrected chi connectivity index (χ0v) is 14.5. The number of ether oxygens (including phenoxy) is 2. The van der Waals surface area contributed by atoms with Crippen molar-refractivity contribution in [1.29, 1.82) is 0 Å². The van der Waals surface area contributed by atoms with Crippen LogP contribution in [-0.2, 0) is 14.3 Å². The fourth-order valence-corrected chi connectivity index (χ4v) is 2.06. The second-order valence-electron chi connectivity index (χ2n) is 5.34. The Morgan fingerprint density at radius 1 is 1.29 bits per heavy atom. The highest BCUT2D eigenvalue weighted by atomic mass is 19.1. The van der Waals surface area contributed by atoms with Crippen molar-refractivity contribution in [2.24, 2.45) is 0 Å². The molecule has 0 aliphatic carbocycles. The van der Waals surface area contributed by atoms with Crippen LogP contribution in [0.5, 0.6) is 11.5 Å². The first-order valence-corrected chi connectivity index (χ1v) is 7.76. The monoisotopic (exact) mass is 390 g/mol. The van der Waals surface area contributed by atoms with Crippen LogP contribution in [0, 0.1) is 15.9 Å². The molecule has 2 aromatic rings. The van der Waals surface area contributed by atoms with Gasteiger partial charge in [-0.1, -0.05) is 6.07 Å². The molecule has 0 bridgehead atoms. The number of halogens is 1. The molecule has 2 aromatic carbocycles. The van der Waals surface area contributed by atoms with Gasteiger partial charge in [0.15, 0.2) is 18.1 Å². The van der Waals surface area contributed by atoms with Gasteiger partial charge in [-0.15, -0.1) is 0 Å². The molecule has 0 aromatic heterocycles. The lowest BCUT2D eigenvalue weighted by molar-refractivity contribution is -0.384. The molecule has 0 heterocycles. The van der Waals surface area contributed by atoms with Crippen LogP contribution in [0.25, 0.3) is 6.08 Å². The number of amides is 1. The number of anilines is 1. The zero-order valence-electron chi connectivity index (χ0n) is 14.5. The molecule has 28 heavy (non-hydrogen) atoms. The second kappa shape index (κ2) is 9.12. The number of phenolic OH excluding ortho intramolecular Hbond substituents is 1. The molecule has 146 valence electrons. The standard InChI is InChI=1S/C18H15FN2O7/c1-27-16-8-11(2-6-15(16)22)3-7-18(24)28-10-17(23)20-14-9-12(21(25)26)4-5-13(14)19/h2-9,22H,10H2,1H3,(H,20,23). The largest absolute Gasteiger partial charge is 0.504 e. The van der Waals surface area contributed by atoms with Gasteiger partial charge in [0.1, 0.15) is 5.82 Å². The molecule has 9 nitrogen and oxygen atoms in total. The van der Waals surface area contributed by atoms with Gasteiger partial charge in [0.25, 0.3) is 11.6 Å². The number of methoxy groups -OCH3 is 1. The van der Waals surface area contributed by atoms with Crippen LogP contribution >= 0.6 is 0 Å². The summed E-state index contributed by atoms with van der Waals surface area (Å²) in [6.07, 6.45) is 2.43. The third-order valence-corrected chi connectivity index (χ3v) is 3.40. The van der Waals surface area contributed by atoms with Crippen LogP contribution < -0.4 is 10.1 Å². The third kappa shape index (κ3) is 5.53. The molecule has 0 atom stereocenters. The number of nitrogens with one attached hydrogen (secondary N) is 1. The maximum absolute atomic E-state index is 13.6. The summed E-state index contributed by atoms with van der Waals surface area (Å²) in [5.74, 6) is -2.43. The lowest BCUT2D eigenvalue weighted by Gasteiger charge is -2.06. The Hall–Kier alpha value is -3.95. The van der Waals surface area contributed by atoms with Crippen molar-refractivity contribution < 1.29 is 33.5 Å². The van der Waals surface area contributed by atoms with Crippen LogP contribution in [0.1, 0.15) is 5.56 Å². The summed E-state index contributed by atoms with van der Waals surface area (Å²) in [6.45, 7) is -0.718. The highest BCUT2D eigenvalue weighted by Crippen LogP contribution is 2.26. The topological polar surface area (TPSA) is 128 Å². The predicted molar refractivity (Wildman–Crippen MR) is 96.3 cm³/mol. The first-order valence-electron chi connectivity index (χ1n) is 7.76. The van der Waals surface area contributed by atoms with Crippen LogP contribution in [0.3, 0.4) is 0 Å². The lowest BCUT2D eigenvalue weighted by Crippen LogP contribution is -2.20. The molecule has 0 saturated heterocycles. The summed E-state index contributed by atoms with van der Waals surface area (Å²) in [6, 6.07) is 7.04. The normalized spacial score (nSPS) is 10.5. The van der Waals surface area contributed by atoms with Gasteiger partial charge in [0.2, 0.25) is 0 Å². The van der Waals surface area contributed by atoms with E-state index in [1.807, 2.05) is 0 Å². The van der Waals surface area contributed by atoms with Gasteiger partial charge in [-0.25, -0.2) is 9.18 Å². The summed E-state index contributed by atoms with van der Waals surface area (Å²) < 4.78 is 23.3. The van der Waals surface area contributed by atoms with Crippen molar-refractivity contribution >= 4 is 29.3 Å². The zero-order chi connectivity index (χ0) is 20.7. The molecule has 0 spiro atoms. The number of benzene rings is 2. The summed E-state index contributed by atoms with van der Waals surface area (Å²) >= 11 is 0. The number of phenols is 1. The van der Waals surface area contributed by atoms with Crippen LogP contribution in [0.4, 0.5) is 15.8 Å². The number of nitro benzene ring substituents is 1. The molecule has 2 N–H and O–H groups in total. The SMILES string of the molecule is COc1cc(C=CC(=O)OCC(=O)Nc2cc([N+](=O)[O-])ccc2F)ccc1O. The smallest absolute Gasteiger partial charge is 0.331 e. The molecular formula is C18H15FN2O7. The first-order chi connectivity index (χ1) is 13.3. The van der Waals surface area contributed by atoms with E-state index < -0.39 is 40.6 Å². The predicted octanol–water partition coefficient (Wildman–Crippen LogP) is 2.64. The minimum absolute atomic E-state index is 0.0627. The Labute approximate surface area is 158 Å². The van der Waals surface area contributed by atoms with E-state index in [4.69, 9.17) is 9.47 Å². The maximum atomic E-state index is 13.6. The van der Waals surface area contributed by atoms with Crippen molar-refractivity contribution in [2.45, 2.75) is 0 Å². The molecule has 0 aliphatic rings. The van der Waals surface area contributed by atoms with E-state index >= 15 is 0 Å². The Bertz CT molecular complexity index is 944. The number of non-ortho nitro benzene ring substituents is 1. The minimum atomic E-state index is -0.869. The molecule has 0 saturated carbocycles. The Kier molecular flexibility index (Phi) is 6.63. The maximum Gasteiger partial charge on any atom is 0.331 e. The number of hydrogen-bond donors (Lipinski definition) is 2. The number of esters is 1. The molecule has 10 heteroatoms. The lowest BCUT2D eigenvalue weighted by atomic mass is 10.2.